The molecule has 0 aromatic rings. The van der Waals surface area contributed by atoms with Crippen LogP contribution in [0.15, 0.2) is 12.7 Å². The molecule has 1 amide bonds. The lowest BCUT2D eigenvalue weighted by molar-refractivity contribution is -0.142. The number of hydrogen-bond donors (Lipinski definition) is 2. The summed E-state index contributed by atoms with van der Waals surface area (Å²) in [5.74, 6) is -0.570. The van der Waals surface area contributed by atoms with Crippen molar-refractivity contribution in [2.75, 3.05) is 27.4 Å². The topological polar surface area (TPSA) is 85.9 Å². The summed E-state index contributed by atoms with van der Waals surface area (Å²) >= 11 is 0. The van der Waals surface area contributed by atoms with Crippen LogP contribution in [0.4, 0.5) is 4.79 Å². The summed E-state index contributed by atoms with van der Waals surface area (Å²) in [6, 6.07) is -0.861. The fourth-order valence-electron chi connectivity index (χ4n) is 1.59. The van der Waals surface area contributed by atoms with E-state index in [4.69, 9.17) is 9.39 Å². The molecule has 1 atom stereocenters. The summed E-state index contributed by atoms with van der Waals surface area (Å²) < 4.78 is 14.5. The van der Waals surface area contributed by atoms with Crippen LogP contribution in [0, 0.1) is 5.41 Å². The lowest BCUT2D eigenvalue weighted by atomic mass is 9.89. The molecule has 125 valence electrons. The molecule has 2 N–H and O–H groups in total. The van der Waals surface area contributed by atoms with Crippen molar-refractivity contribution in [2.45, 2.75) is 32.7 Å². The van der Waals surface area contributed by atoms with E-state index in [9.17, 15) is 9.59 Å². The first-order chi connectivity index (χ1) is 10.4. The second-order valence-electron chi connectivity index (χ2n) is 5.55. The predicted molar refractivity (Wildman–Crippen MR) is 84.3 cm³/mol. The minimum absolute atomic E-state index is 0.134. The average molecular weight is 313 g/mol. The zero-order valence-electron chi connectivity index (χ0n) is 13.8. The molecule has 22 heavy (non-hydrogen) atoms. The van der Waals surface area contributed by atoms with Crippen LogP contribution in [-0.4, -0.2) is 53.1 Å². The molecule has 0 aliphatic carbocycles. The van der Waals surface area contributed by atoms with Gasteiger partial charge in [0.25, 0.3) is 0 Å². The standard InChI is InChI=1S/C14H26BN2O5/c1-6-7-8-14(2,3)10-22-13(19)17-11(12(18)20-4)9-16-15-21-5/h6,11,16H,1,7-10H2,2-5H3,(H,17,19). The summed E-state index contributed by atoms with van der Waals surface area (Å²) in [4.78, 5) is 23.4. The van der Waals surface area contributed by atoms with Crippen LogP contribution in [0.2, 0.25) is 0 Å². The van der Waals surface area contributed by atoms with Gasteiger partial charge in [-0.15, -0.1) is 6.58 Å². The molecule has 0 heterocycles. The van der Waals surface area contributed by atoms with Gasteiger partial charge >= 0.3 is 19.7 Å². The first-order valence-electron chi connectivity index (χ1n) is 7.06. The number of amides is 1. The van der Waals surface area contributed by atoms with Gasteiger partial charge in [-0.3, -0.25) is 0 Å². The van der Waals surface area contributed by atoms with Gasteiger partial charge in [-0.2, -0.15) is 0 Å². The van der Waals surface area contributed by atoms with Crippen molar-refractivity contribution in [1.82, 2.24) is 10.5 Å². The van der Waals surface area contributed by atoms with Gasteiger partial charge in [0.15, 0.2) is 0 Å². The molecule has 1 radical (unpaired) electrons. The maximum absolute atomic E-state index is 11.8. The number of carbonyl (C=O) groups excluding carboxylic acids is 2. The van der Waals surface area contributed by atoms with E-state index in [1.165, 1.54) is 21.8 Å². The van der Waals surface area contributed by atoms with Crippen molar-refractivity contribution in [3.05, 3.63) is 12.7 Å². The largest absolute Gasteiger partial charge is 0.467 e. The van der Waals surface area contributed by atoms with Crippen LogP contribution in [0.1, 0.15) is 26.7 Å². The number of methoxy groups -OCH3 is 1. The third kappa shape index (κ3) is 9.41. The number of nitrogens with one attached hydrogen (secondary N) is 2. The van der Waals surface area contributed by atoms with Gasteiger partial charge in [-0.05, 0) is 18.3 Å². The van der Waals surface area contributed by atoms with Gasteiger partial charge in [0.05, 0.1) is 13.7 Å². The molecule has 0 aromatic heterocycles. The molecular weight excluding hydrogens is 287 g/mol. The van der Waals surface area contributed by atoms with Crippen LogP contribution in [0.25, 0.3) is 0 Å². The van der Waals surface area contributed by atoms with E-state index in [1.54, 1.807) is 0 Å². The number of carbonyl (C=O) groups is 2. The van der Waals surface area contributed by atoms with Crippen molar-refractivity contribution in [3.63, 3.8) is 0 Å². The first-order valence-corrected chi connectivity index (χ1v) is 7.06. The monoisotopic (exact) mass is 313 g/mol. The molecule has 0 aliphatic heterocycles. The van der Waals surface area contributed by atoms with Gasteiger partial charge in [0, 0.05) is 13.7 Å². The molecule has 1 unspecified atom stereocenters. The van der Waals surface area contributed by atoms with Crippen molar-refractivity contribution >= 4 is 19.7 Å². The number of ether oxygens (including phenoxy) is 2. The van der Waals surface area contributed by atoms with Crippen molar-refractivity contribution in [1.29, 1.82) is 0 Å². The minimum atomic E-state index is -0.861. The molecule has 0 bridgehead atoms. The quantitative estimate of drug-likeness (QED) is 0.256. The lowest BCUT2D eigenvalue weighted by Crippen LogP contribution is -2.49. The van der Waals surface area contributed by atoms with Crippen molar-refractivity contribution in [2.24, 2.45) is 5.41 Å². The summed E-state index contributed by atoms with van der Waals surface area (Å²) in [7, 11) is 4.02. The van der Waals surface area contributed by atoms with Crippen LogP contribution in [0.5, 0.6) is 0 Å². The molecule has 0 rings (SSSR count). The van der Waals surface area contributed by atoms with E-state index < -0.39 is 18.1 Å². The van der Waals surface area contributed by atoms with Crippen molar-refractivity contribution in [3.8, 4) is 0 Å². The number of hydrogen-bond acceptors (Lipinski definition) is 6. The van der Waals surface area contributed by atoms with E-state index in [1.807, 2.05) is 19.9 Å². The molecule has 0 aromatic carbocycles. The molecule has 0 aliphatic rings. The smallest absolute Gasteiger partial charge is 0.407 e. The summed E-state index contributed by atoms with van der Waals surface area (Å²) in [5, 5.41) is 5.19. The maximum atomic E-state index is 11.8. The highest BCUT2D eigenvalue weighted by atomic mass is 16.6. The zero-order chi connectivity index (χ0) is 17.0. The van der Waals surface area contributed by atoms with Crippen LogP contribution in [-0.2, 0) is 18.9 Å². The zero-order valence-corrected chi connectivity index (χ0v) is 13.8. The Morgan fingerprint density at radius 2 is 2.05 bits per heavy atom. The molecule has 0 saturated heterocycles. The summed E-state index contributed by atoms with van der Waals surface area (Å²) in [6.07, 6.45) is 2.86. The molecule has 0 saturated carbocycles. The van der Waals surface area contributed by atoms with Gasteiger partial charge in [0.1, 0.15) is 6.04 Å². The average Bonchev–Trinajstić information content (AvgIpc) is 2.49. The molecule has 0 spiro atoms. The van der Waals surface area contributed by atoms with Crippen LogP contribution < -0.4 is 10.5 Å². The first kappa shape index (κ1) is 20.5. The lowest BCUT2D eigenvalue weighted by Gasteiger charge is -2.24. The molecule has 7 nitrogen and oxygen atoms in total. The van der Waals surface area contributed by atoms with Crippen molar-refractivity contribution < 1.29 is 23.7 Å². The number of rotatable bonds is 11. The predicted octanol–water partition coefficient (Wildman–Crippen LogP) is 1.02. The highest BCUT2D eigenvalue weighted by molar-refractivity contribution is 6.23. The molecule has 0 fully saturated rings. The van der Waals surface area contributed by atoms with Gasteiger partial charge in [0.2, 0.25) is 0 Å². The number of alkyl carbamates (subject to hydrolysis) is 1. The normalized spacial score (nSPS) is 12.2. The van der Waals surface area contributed by atoms with Gasteiger partial charge in [-0.1, -0.05) is 19.9 Å². The minimum Gasteiger partial charge on any atom is -0.467 e. The van der Waals surface area contributed by atoms with E-state index in [0.717, 1.165) is 12.8 Å². The second kappa shape index (κ2) is 11.1. The summed E-state index contributed by atoms with van der Waals surface area (Å²) in [6.45, 7) is 8.05. The molecule has 8 heteroatoms. The fourth-order valence-corrected chi connectivity index (χ4v) is 1.59. The number of allylic oxidation sites excluding steroid dienone is 1. The third-order valence-electron chi connectivity index (χ3n) is 2.92. The second-order valence-corrected chi connectivity index (χ2v) is 5.55. The number of esters is 1. The van der Waals surface area contributed by atoms with Gasteiger partial charge < -0.3 is 24.7 Å². The highest BCUT2D eigenvalue weighted by Crippen LogP contribution is 2.22. The highest BCUT2D eigenvalue weighted by Gasteiger charge is 2.24. The maximum Gasteiger partial charge on any atom is 0.407 e. The Bertz CT molecular complexity index is 363. The third-order valence-corrected chi connectivity index (χ3v) is 2.92. The van der Waals surface area contributed by atoms with E-state index in [-0.39, 0.29) is 18.6 Å². The van der Waals surface area contributed by atoms with Crippen LogP contribution >= 0.6 is 0 Å². The molecular formula is C14H26BN2O5. The Morgan fingerprint density at radius 3 is 2.59 bits per heavy atom. The van der Waals surface area contributed by atoms with E-state index in [2.05, 4.69) is 21.9 Å². The fraction of sp³-hybridized carbons (Fsp3) is 0.714. The summed E-state index contributed by atoms with van der Waals surface area (Å²) in [5.41, 5.74) is -0.158. The Hall–Kier alpha value is -1.54. The SMILES string of the molecule is C=CCCC(C)(C)COC(=O)NC(CN[B]OC)C(=O)OC. The van der Waals surface area contributed by atoms with Gasteiger partial charge in [-0.25, -0.2) is 9.59 Å². The Labute approximate surface area is 133 Å². The van der Waals surface area contributed by atoms with E-state index in [0.29, 0.717) is 0 Å². The van der Waals surface area contributed by atoms with Crippen LogP contribution in [0.3, 0.4) is 0 Å². The Balaban J connectivity index is 4.31. The Kier molecular flexibility index (Phi) is 10.3. The van der Waals surface area contributed by atoms with E-state index >= 15 is 0 Å². The Morgan fingerprint density at radius 1 is 1.36 bits per heavy atom.